The fourth-order valence-electron chi connectivity index (χ4n) is 3.60. The van der Waals surface area contributed by atoms with Crippen LogP contribution in [0.2, 0.25) is 0 Å². The van der Waals surface area contributed by atoms with Crippen molar-refractivity contribution in [1.29, 1.82) is 0 Å². The van der Waals surface area contributed by atoms with E-state index in [1.165, 1.54) is 12.5 Å². The number of fused-ring (bicyclic) bond motifs is 1. The summed E-state index contributed by atoms with van der Waals surface area (Å²) in [6.07, 6.45) is 2.45. The zero-order chi connectivity index (χ0) is 20.3. The Morgan fingerprint density at radius 3 is 2.71 bits per heavy atom. The van der Waals surface area contributed by atoms with E-state index in [1.807, 2.05) is 0 Å². The van der Waals surface area contributed by atoms with Crippen molar-refractivity contribution in [1.82, 2.24) is 9.97 Å². The van der Waals surface area contributed by atoms with E-state index in [0.29, 0.717) is 29.1 Å². The van der Waals surface area contributed by atoms with Crippen LogP contribution in [0.5, 0.6) is 0 Å². The van der Waals surface area contributed by atoms with Crippen LogP contribution < -0.4 is 4.90 Å². The standard InChI is InChI=1S/C19H22F2N4O2S/c1-11-15(26)10-25(11)18-22-16(14-7-8-19(20,21)17(14)23-18)12-5-4-6-13(9-12)24-28(2,3)27/h4-6,9,11,15,26H,7-8,10H2,1-3H3/t11-,15+/m0/s1. The highest BCUT2D eigenvalue weighted by atomic mass is 32.2. The second kappa shape index (κ2) is 6.45. The van der Waals surface area contributed by atoms with Gasteiger partial charge in [0.2, 0.25) is 5.95 Å². The van der Waals surface area contributed by atoms with Gasteiger partial charge in [0.05, 0.1) is 23.5 Å². The fraction of sp³-hybridized carbons (Fsp3) is 0.474. The molecule has 2 aliphatic rings. The quantitative estimate of drug-likeness (QED) is 0.844. The molecule has 1 saturated heterocycles. The third kappa shape index (κ3) is 3.37. The van der Waals surface area contributed by atoms with E-state index >= 15 is 0 Å². The van der Waals surface area contributed by atoms with Crippen molar-refractivity contribution in [3.63, 3.8) is 0 Å². The summed E-state index contributed by atoms with van der Waals surface area (Å²) in [7, 11) is -2.35. The van der Waals surface area contributed by atoms with E-state index in [2.05, 4.69) is 14.3 Å². The lowest BCUT2D eigenvalue weighted by Gasteiger charge is -2.43. The summed E-state index contributed by atoms with van der Waals surface area (Å²) in [5.41, 5.74) is 1.79. The number of benzene rings is 1. The molecule has 1 fully saturated rings. The summed E-state index contributed by atoms with van der Waals surface area (Å²) in [6, 6.07) is 6.73. The molecule has 2 heterocycles. The van der Waals surface area contributed by atoms with Crippen molar-refractivity contribution in [3.8, 4) is 11.3 Å². The predicted molar refractivity (Wildman–Crippen MR) is 105 cm³/mol. The van der Waals surface area contributed by atoms with Crippen molar-refractivity contribution in [2.45, 2.75) is 37.8 Å². The summed E-state index contributed by atoms with van der Waals surface area (Å²) in [4.78, 5) is 10.5. The summed E-state index contributed by atoms with van der Waals surface area (Å²) in [5, 5.41) is 9.79. The number of nitrogens with zero attached hydrogens (tertiary/aromatic N) is 4. The fourth-order valence-corrected chi connectivity index (χ4v) is 4.22. The molecule has 1 N–H and O–H groups in total. The van der Waals surface area contributed by atoms with Gasteiger partial charge in [-0.15, -0.1) is 0 Å². The first kappa shape index (κ1) is 19.2. The number of aromatic nitrogens is 2. The first-order chi connectivity index (χ1) is 13.0. The number of alkyl halides is 2. The highest BCUT2D eigenvalue weighted by molar-refractivity contribution is 7.92. The highest BCUT2D eigenvalue weighted by Gasteiger charge is 2.45. The Kier molecular flexibility index (Phi) is 4.42. The molecule has 150 valence electrons. The molecule has 6 nitrogen and oxygen atoms in total. The van der Waals surface area contributed by atoms with Gasteiger partial charge in [-0.25, -0.2) is 14.2 Å². The lowest BCUT2D eigenvalue weighted by atomic mass is 10.0. The predicted octanol–water partition coefficient (Wildman–Crippen LogP) is 3.11. The van der Waals surface area contributed by atoms with Gasteiger partial charge < -0.3 is 10.0 Å². The van der Waals surface area contributed by atoms with Crippen LogP contribution in [0.4, 0.5) is 20.4 Å². The minimum atomic E-state index is -3.00. The molecule has 4 rings (SSSR count). The largest absolute Gasteiger partial charge is 0.389 e. The van der Waals surface area contributed by atoms with E-state index in [-0.39, 0.29) is 30.5 Å². The molecule has 0 radical (unpaired) electrons. The molecule has 1 aliphatic heterocycles. The van der Waals surface area contributed by atoms with Crippen LogP contribution in [0.3, 0.4) is 0 Å². The molecule has 0 spiro atoms. The highest BCUT2D eigenvalue weighted by Crippen LogP contribution is 2.45. The van der Waals surface area contributed by atoms with E-state index < -0.39 is 21.8 Å². The Morgan fingerprint density at radius 1 is 1.32 bits per heavy atom. The van der Waals surface area contributed by atoms with Gasteiger partial charge in [0.25, 0.3) is 5.92 Å². The third-order valence-corrected chi connectivity index (χ3v) is 5.82. The van der Waals surface area contributed by atoms with Crippen molar-refractivity contribution in [2.24, 2.45) is 4.36 Å². The number of hydrogen-bond acceptors (Lipinski definition) is 6. The lowest BCUT2D eigenvalue weighted by Crippen LogP contribution is -2.59. The maximum atomic E-state index is 14.5. The zero-order valence-electron chi connectivity index (χ0n) is 15.9. The van der Waals surface area contributed by atoms with Crippen molar-refractivity contribution >= 4 is 21.4 Å². The second-order valence-corrected chi connectivity index (χ2v) is 10.2. The maximum absolute atomic E-state index is 14.5. The Labute approximate surface area is 162 Å². The number of β-amino-alcohol motifs (C(OH)–C–C–N with tert-alkyl or cyclic N) is 1. The normalized spacial score (nSPS) is 23.3. The average molecular weight is 408 g/mol. The van der Waals surface area contributed by atoms with Crippen LogP contribution in [0.25, 0.3) is 11.3 Å². The van der Waals surface area contributed by atoms with E-state index in [4.69, 9.17) is 0 Å². The van der Waals surface area contributed by atoms with Gasteiger partial charge in [-0.2, -0.15) is 13.1 Å². The van der Waals surface area contributed by atoms with E-state index in [0.717, 1.165) is 0 Å². The minimum absolute atomic E-state index is 0.190. The summed E-state index contributed by atoms with van der Waals surface area (Å²) in [5.74, 6) is -2.80. The molecule has 28 heavy (non-hydrogen) atoms. The third-order valence-electron chi connectivity index (χ3n) is 5.16. The molecule has 0 unspecified atom stereocenters. The number of hydrogen-bond donors (Lipinski definition) is 1. The second-order valence-electron chi connectivity index (χ2n) is 7.69. The molecule has 0 saturated carbocycles. The van der Waals surface area contributed by atoms with Crippen LogP contribution in [-0.4, -0.2) is 50.5 Å². The number of aliphatic hydroxyl groups is 1. The molecule has 2 atom stereocenters. The van der Waals surface area contributed by atoms with Gasteiger partial charge >= 0.3 is 0 Å². The smallest absolute Gasteiger partial charge is 0.290 e. The maximum Gasteiger partial charge on any atom is 0.290 e. The van der Waals surface area contributed by atoms with Gasteiger partial charge in [0.15, 0.2) is 0 Å². The monoisotopic (exact) mass is 408 g/mol. The van der Waals surface area contributed by atoms with Crippen LogP contribution in [0.15, 0.2) is 28.6 Å². The van der Waals surface area contributed by atoms with Gasteiger partial charge in [0, 0.05) is 46.3 Å². The van der Waals surface area contributed by atoms with Crippen LogP contribution >= 0.6 is 0 Å². The topological polar surface area (TPSA) is 78.7 Å². The Morgan fingerprint density at radius 2 is 2.07 bits per heavy atom. The molecular weight excluding hydrogens is 386 g/mol. The number of aliphatic hydroxyl groups excluding tert-OH is 1. The molecule has 0 amide bonds. The van der Waals surface area contributed by atoms with E-state index in [1.54, 1.807) is 36.1 Å². The SMILES string of the molecule is C[C@H]1[C@H](O)CN1c1nc(-c2cccc(N=S(C)(C)=O)c2)c2c(n1)C(F)(F)CC2. The van der Waals surface area contributed by atoms with Gasteiger partial charge in [-0.1, -0.05) is 12.1 Å². The van der Waals surface area contributed by atoms with Crippen molar-refractivity contribution in [3.05, 3.63) is 35.5 Å². The summed E-state index contributed by atoms with van der Waals surface area (Å²) in [6.45, 7) is 2.12. The lowest BCUT2D eigenvalue weighted by molar-refractivity contribution is -0.00603. The number of anilines is 1. The van der Waals surface area contributed by atoms with Crippen LogP contribution in [0, 0.1) is 0 Å². The molecule has 0 bridgehead atoms. The number of halogens is 2. The van der Waals surface area contributed by atoms with Gasteiger partial charge in [-0.05, 0) is 25.5 Å². The minimum Gasteiger partial charge on any atom is -0.389 e. The number of rotatable bonds is 3. The van der Waals surface area contributed by atoms with E-state index in [9.17, 15) is 18.1 Å². The summed E-state index contributed by atoms with van der Waals surface area (Å²) >= 11 is 0. The van der Waals surface area contributed by atoms with Crippen molar-refractivity contribution in [2.75, 3.05) is 24.0 Å². The zero-order valence-corrected chi connectivity index (χ0v) is 16.7. The summed E-state index contributed by atoms with van der Waals surface area (Å²) < 4.78 is 45.1. The first-order valence-corrected chi connectivity index (χ1v) is 11.4. The molecular formula is C19H22F2N4O2S. The van der Waals surface area contributed by atoms with Crippen LogP contribution in [0.1, 0.15) is 24.6 Å². The van der Waals surface area contributed by atoms with Crippen molar-refractivity contribution < 1.29 is 18.1 Å². The van der Waals surface area contributed by atoms with Gasteiger partial charge in [0.1, 0.15) is 5.69 Å². The molecule has 1 aromatic heterocycles. The Hall–Kier alpha value is -2.13. The molecule has 1 aromatic carbocycles. The Bertz CT molecular complexity index is 1060. The molecule has 2 aromatic rings. The van der Waals surface area contributed by atoms with Crippen LogP contribution in [-0.2, 0) is 22.1 Å². The molecule has 1 aliphatic carbocycles. The molecule has 9 heteroatoms. The average Bonchev–Trinajstić information content (AvgIpc) is 2.92. The Balaban J connectivity index is 1.87. The van der Waals surface area contributed by atoms with Gasteiger partial charge in [-0.3, -0.25) is 0 Å². The first-order valence-electron chi connectivity index (χ1n) is 9.07.